The van der Waals surface area contributed by atoms with Crippen molar-refractivity contribution in [3.05, 3.63) is 71.5 Å². The number of aromatic nitrogens is 2. The predicted octanol–water partition coefficient (Wildman–Crippen LogP) is 4.04. The van der Waals surface area contributed by atoms with Crippen molar-refractivity contribution in [3.8, 4) is 0 Å². The number of anilines is 2. The lowest BCUT2D eigenvalue weighted by molar-refractivity contribution is 0.599. The number of aryl methyl sites for hydroxylation is 3. The summed E-state index contributed by atoms with van der Waals surface area (Å²) < 4.78 is 55.4. The van der Waals surface area contributed by atoms with E-state index < -0.39 is 20.0 Å². The van der Waals surface area contributed by atoms with Gasteiger partial charge < -0.3 is 0 Å². The number of unbranched alkanes of at least 4 members (excludes halogenated alkanes) is 1. The van der Waals surface area contributed by atoms with E-state index in [1.54, 1.807) is 44.2 Å². The molecule has 0 amide bonds. The van der Waals surface area contributed by atoms with Gasteiger partial charge in [-0.15, -0.1) is 0 Å². The molecule has 0 aliphatic heterocycles. The molecule has 0 saturated heterocycles. The summed E-state index contributed by atoms with van der Waals surface area (Å²) in [5, 5.41) is 0. The van der Waals surface area contributed by atoms with Gasteiger partial charge in [0.05, 0.1) is 9.79 Å². The standard InChI is InChI=1S/C22H26N4O4S2/c1-4-5-6-18-7-11-20(12-8-18)31(27,28)25-19-9-13-21(14-10-19)32(29,30)26-22-23-16(2)15-17(3)24-22/h7-15,25H,4-6H2,1-3H3,(H,23,24,26). The number of nitrogens with one attached hydrogen (secondary N) is 2. The Labute approximate surface area is 189 Å². The highest BCUT2D eigenvalue weighted by molar-refractivity contribution is 7.93. The fourth-order valence-electron chi connectivity index (χ4n) is 3.08. The molecule has 170 valence electrons. The van der Waals surface area contributed by atoms with Crippen molar-refractivity contribution in [2.75, 3.05) is 9.44 Å². The molecular formula is C22H26N4O4S2. The second kappa shape index (κ2) is 9.66. The summed E-state index contributed by atoms with van der Waals surface area (Å²) in [6, 6.07) is 13.9. The topological polar surface area (TPSA) is 118 Å². The number of hydrogen-bond acceptors (Lipinski definition) is 6. The Balaban J connectivity index is 1.73. The van der Waals surface area contributed by atoms with E-state index in [4.69, 9.17) is 0 Å². The van der Waals surface area contributed by atoms with Crippen LogP contribution in [0.2, 0.25) is 0 Å². The smallest absolute Gasteiger partial charge is 0.264 e. The Morgan fingerprint density at radius 2 is 1.25 bits per heavy atom. The summed E-state index contributed by atoms with van der Waals surface area (Å²) in [5.41, 5.74) is 2.61. The van der Waals surface area contributed by atoms with E-state index >= 15 is 0 Å². The first-order chi connectivity index (χ1) is 15.1. The van der Waals surface area contributed by atoms with E-state index in [2.05, 4.69) is 26.3 Å². The van der Waals surface area contributed by atoms with Gasteiger partial charge in [0, 0.05) is 17.1 Å². The van der Waals surface area contributed by atoms with Crippen molar-refractivity contribution in [1.82, 2.24) is 9.97 Å². The highest BCUT2D eigenvalue weighted by Gasteiger charge is 2.18. The van der Waals surface area contributed by atoms with E-state index in [1.807, 2.05) is 0 Å². The Hall–Kier alpha value is -2.98. The molecule has 1 heterocycles. The zero-order chi connectivity index (χ0) is 23.4. The van der Waals surface area contributed by atoms with Crippen LogP contribution in [0, 0.1) is 13.8 Å². The van der Waals surface area contributed by atoms with Gasteiger partial charge in [-0.1, -0.05) is 25.5 Å². The van der Waals surface area contributed by atoms with Gasteiger partial charge in [-0.3, -0.25) is 4.72 Å². The number of rotatable bonds is 9. The second-order valence-corrected chi connectivity index (χ2v) is 10.8. The van der Waals surface area contributed by atoms with E-state index in [0.717, 1.165) is 24.8 Å². The second-order valence-electron chi connectivity index (χ2n) is 7.46. The van der Waals surface area contributed by atoms with Crippen LogP contribution in [0.5, 0.6) is 0 Å². The molecule has 2 N–H and O–H groups in total. The molecule has 0 radical (unpaired) electrons. The minimum Gasteiger partial charge on any atom is -0.280 e. The fourth-order valence-corrected chi connectivity index (χ4v) is 5.09. The first kappa shape index (κ1) is 23.7. The number of benzene rings is 2. The monoisotopic (exact) mass is 474 g/mol. The lowest BCUT2D eigenvalue weighted by Crippen LogP contribution is -2.16. The fraction of sp³-hybridized carbons (Fsp3) is 0.273. The third-order valence-electron chi connectivity index (χ3n) is 4.68. The summed E-state index contributed by atoms with van der Waals surface area (Å²) in [4.78, 5) is 8.25. The van der Waals surface area contributed by atoms with Crippen molar-refractivity contribution in [3.63, 3.8) is 0 Å². The zero-order valence-corrected chi connectivity index (χ0v) is 19.8. The van der Waals surface area contributed by atoms with Crippen LogP contribution in [-0.4, -0.2) is 26.8 Å². The molecule has 0 aliphatic carbocycles. The van der Waals surface area contributed by atoms with Crippen LogP contribution in [0.3, 0.4) is 0 Å². The minimum atomic E-state index is -3.92. The molecule has 0 unspecified atom stereocenters. The van der Waals surface area contributed by atoms with Gasteiger partial charge in [0.15, 0.2) is 0 Å². The summed E-state index contributed by atoms with van der Waals surface area (Å²) in [5.74, 6) is -0.0188. The maximum absolute atomic E-state index is 12.7. The van der Waals surface area contributed by atoms with Crippen LogP contribution >= 0.6 is 0 Å². The predicted molar refractivity (Wildman–Crippen MR) is 125 cm³/mol. The Bertz CT molecular complexity index is 1270. The van der Waals surface area contributed by atoms with Crippen molar-refractivity contribution in [1.29, 1.82) is 0 Å². The lowest BCUT2D eigenvalue weighted by Gasteiger charge is -2.11. The van der Waals surface area contributed by atoms with Crippen molar-refractivity contribution < 1.29 is 16.8 Å². The molecule has 3 rings (SSSR count). The van der Waals surface area contributed by atoms with Gasteiger partial charge in [-0.2, -0.15) is 0 Å². The van der Waals surface area contributed by atoms with E-state index in [-0.39, 0.29) is 21.4 Å². The van der Waals surface area contributed by atoms with Crippen LogP contribution < -0.4 is 9.44 Å². The van der Waals surface area contributed by atoms with E-state index in [1.165, 1.54) is 24.3 Å². The quantitative estimate of drug-likeness (QED) is 0.483. The summed E-state index contributed by atoms with van der Waals surface area (Å²) in [6.07, 6.45) is 3.02. The summed E-state index contributed by atoms with van der Waals surface area (Å²) in [6.45, 7) is 5.59. The minimum absolute atomic E-state index is 0.0188. The third-order valence-corrected chi connectivity index (χ3v) is 7.42. The van der Waals surface area contributed by atoms with Crippen LogP contribution in [0.1, 0.15) is 36.7 Å². The molecule has 0 fully saturated rings. The molecule has 0 atom stereocenters. The van der Waals surface area contributed by atoms with Gasteiger partial charge >= 0.3 is 0 Å². The largest absolute Gasteiger partial charge is 0.280 e. The molecule has 8 nitrogen and oxygen atoms in total. The van der Waals surface area contributed by atoms with Crippen molar-refractivity contribution >= 4 is 31.7 Å². The zero-order valence-electron chi connectivity index (χ0n) is 18.2. The molecule has 0 saturated carbocycles. The van der Waals surface area contributed by atoms with Gasteiger partial charge in [-0.25, -0.2) is 31.5 Å². The maximum atomic E-state index is 12.7. The van der Waals surface area contributed by atoms with Crippen LogP contribution in [-0.2, 0) is 26.5 Å². The first-order valence-corrected chi connectivity index (χ1v) is 13.1. The van der Waals surface area contributed by atoms with Crippen LogP contribution in [0.15, 0.2) is 64.4 Å². The highest BCUT2D eigenvalue weighted by atomic mass is 32.2. The number of hydrogen-bond donors (Lipinski definition) is 2. The molecule has 10 heteroatoms. The number of sulfonamides is 2. The Morgan fingerprint density at radius 1 is 0.750 bits per heavy atom. The number of nitrogens with zero attached hydrogens (tertiary/aromatic N) is 2. The van der Waals surface area contributed by atoms with E-state index in [9.17, 15) is 16.8 Å². The molecule has 1 aromatic heterocycles. The molecule has 0 aliphatic rings. The highest BCUT2D eigenvalue weighted by Crippen LogP contribution is 2.20. The molecule has 0 spiro atoms. The maximum Gasteiger partial charge on any atom is 0.264 e. The third kappa shape index (κ3) is 6.04. The SMILES string of the molecule is CCCCc1ccc(S(=O)(=O)Nc2ccc(S(=O)(=O)Nc3nc(C)cc(C)n3)cc2)cc1. The van der Waals surface area contributed by atoms with Crippen LogP contribution in [0.25, 0.3) is 0 Å². The average Bonchev–Trinajstić information content (AvgIpc) is 2.71. The molecule has 2 aromatic carbocycles. The summed E-state index contributed by atoms with van der Waals surface area (Å²) >= 11 is 0. The molecule has 32 heavy (non-hydrogen) atoms. The Kier molecular flexibility index (Phi) is 7.15. The van der Waals surface area contributed by atoms with Gasteiger partial charge in [0.25, 0.3) is 20.0 Å². The summed E-state index contributed by atoms with van der Waals surface area (Å²) in [7, 11) is -7.72. The first-order valence-electron chi connectivity index (χ1n) is 10.2. The Morgan fingerprint density at radius 3 is 1.78 bits per heavy atom. The van der Waals surface area contributed by atoms with Crippen molar-refractivity contribution in [2.24, 2.45) is 0 Å². The molecule has 3 aromatic rings. The van der Waals surface area contributed by atoms with Crippen molar-refractivity contribution in [2.45, 2.75) is 49.8 Å². The van der Waals surface area contributed by atoms with E-state index in [0.29, 0.717) is 11.4 Å². The van der Waals surface area contributed by atoms with Gasteiger partial charge in [0.2, 0.25) is 5.95 Å². The van der Waals surface area contributed by atoms with Gasteiger partial charge in [-0.05, 0) is 74.7 Å². The molecule has 0 bridgehead atoms. The van der Waals surface area contributed by atoms with Gasteiger partial charge in [0.1, 0.15) is 0 Å². The molecular weight excluding hydrogens is 448 g/mol. The normalized spacial score (nSPS) is 11.8. The lowest BCUT2D eigenvalue weighted by atomic mass is 10.1. The van der Waals surface area contributed by atoms with Crippen LogP contribution in [0.4, 0.5) is 11.6 Å². The average molecular weight is 475 g/mol.